The largest absolute Gasteiger partial charge is 0.273 e. The number of pyridine rings is 1. The molecule has 2 radical (unpaired) electrons. The SMILES string of the molecule is [B]c1nccc(CC)c1CC. The molecule has 0 aliphatic heterocycles. The minimum Gasteiger partial charge on any atom is -0.273 e. The van der Waals surface area contributed by atoms with Crippen molar-refractivity contribution >= 4 is 13.4 Å². The molecular formula is C9H12BN. The van der Waals surface area contributed by atoms with Crippen LogP contribution in [0.25, 0.3) is 0 Å². The van der Waals surface area contributed by atoms with Crippen LogP contribution in [0.15, 0.2) is 12.3 Å². The van der Waals surface area contributed by atoms with E-state index in [0.717, 1.165) is 12.8 Å². The Kier molecular flexibility index (Phi) is 2.69. The summed E-state index contributed by atoms with van der Waals surface area (Å²) in [5, 5.41) is 0. The molecule has 0 aliphatic carbocycles. The summed E-state index contributed by atoms with van der Waals surface area (Å²) in [5.74, 6) is 0. The van der Waals surface area contributed by atoms with Gasteiger partial charge in [-0.3, -0.25) is 4.98 Å². The van der Waals surface area contributed by atoms with Gasteiger partial charge in [-0.15, -0.1) is 0 Å². The molecule has 0 saturated heterocycles. The van der Waals surface area contributed by atoms with Gasteiger partial charge < -0.3 is 0 Å². The fraction of sp³-hybridized carbons (Fsp3) is 0.444. The Morgan fingerprint density at radius 1 is 1.36 bits per heavy atom. The van der Waals surface area contributed by atoms with Crippen LogP contribution in [0.1, 0.15) is 25.0 Å². The lowest BCUT2D eigenvalue weighted by molar-refractivity contribution is 1.03. The first-order valence-electron chi connectivity index (χ1n) is 4.01. The van der Waals surface area contributed by atoms with Crippen LogP contribution < -0.4 is 5.59 Å². The zero-order valence-electron chi connectivity index (χ0n) is 7.09. The predicted octanol–water partition coefficient (Wildman–Crippen LogP) is 1.00. The average Bonchev–Trinajstić information content (AvgIpc) is 2.04. The van der Waals surface area contributed by atoms with Gasteiger partial charge in [-0.25, -0.2) is 0 Å². The van der Waals surface area contributed by atoms with Crippen molar-refractivity contribution < 1.29 is 0 Å². The van der Waals surface area contributed by atoms with E-state index in [9.17, 15) is 0 Å². The van der Waals surface area contributed by atoms with Gasteiger partial charge in [0.05, 0.1) is 0 Å². The Hall–Kier alpha value is -0.785. The standard InChI is InChI=1S/C9H12BN/c1-3-7-5-6-11-9(10)8(7)4-2/h5-6H,3-4H2,1-2H3. The van der Waals surface area contributed by atoms with Crippen molar-refractivity contribution in [2.75, 3.05) is 0 Å². The Morgan fingerprint density at radius 2 is 2.09 bits per heavy atom. The fourth-order valence-electron chi connectivity index (χ4n) is 1.29. The quantitative estimate of drug-likeness (QED) is 0.565. The molecule has 1 aromatic heterocycles. The maximum atomic E-state index is 5.70. The number of aromatic nitrogens is 1. The van der Waals surface area contributed by atoms with E-state index in [1.807, 2.05) is 6.07 Å². The molecule has 0 spiro atoms. The lowest BCUT2D eigenvalue weighted by Gasteiger charge is -2.07. The molecule has 0 atom stereocenters. The molecule has 0 unspecified atom stereocenters. The number of hydrogen-bond donors (Lipinski definition) is 0. The monoisotopic (exact) mass is 145 g/mol. The van der Waals surface area contributed by atoms with E-state index in [0.29, 0.717) is 5.59 Å². The molecule has 1 nitrogen and oxygen atoms in total. The van der Waals surface area contributed by atoms with Crippen molar-refractivity contribution in [2.45, 2.75) is 26.7 Å². The van der Waals surface area contributed by atoms with Crippen LogP contribution in [0.5, 0.6) is 0 Å². The Bertz CT molecular complexity index is 245. The van der Waals surface area contributed by atoms with E-state index in [2.05, 4.69) is 18.8 Å². The Labute approximate surface area is 69.3 Å². The molecule has 2 heteroatoms. The van der Waals surface area contributed by atoms with Crippen LogP contribution in [-0.4, -0.2) is 12.8 Å². The van der Waals surface area contributed by atoms with E-state index >= 15 is 0 Å². The summed E-state index contributed by atoms with van der Waals surface area (Å²) in [6.45, 7) is 4.24. The highest BCUT2D eigenvalue weighted by Gasteiger charge is 2.00. The van der Waals surface area contributed by atoms with Gasteiger partial charge in [0.15, 0.2) is 0 Å². The smallest absolute Gasteiger partial charge is 0.142 e. The predicted molar refractivity (Wildman–Crippen MR) is 48.4 cm³/mol. The average molecular weight is 145 g/mol. The van der Waals surface area contributed by atoms with E-state index < -0.39 is 0 Å². The first-order valence-corrected chi connectivity index (χ1v) is 4.01. The van der Waals surface area contributed by atoms with Crippen molar-refractivity contribution in [3.05, 3.63) is 23.4 Å². The number of rotatable bonds is 2. The van der Waals surface area contributed by atoms with Crippen molar-refractivity contribution in [1.29, 1.82) is 0 Å². The zero-order valence-corrected chi connectivity index (χ0v) is 7.09. The highest BCUT2D eigenvalue weighted by Crippen LogP contribution is 2.05. The second kappa shape index (κ2) is 3.56. The summed E-state index contributed by atoms with van der Waals surface area (Å²) in [6, 6.07) is 2.04. The molecule has 1 aromatic rings. The molecule has 0 bridgehead atoms. The third-order valence-electron chi connectivity index (χ3n) is 1.92. The topological polar surface area (TPSA) is 12.9 Å². The van der Waals surface area contributed by atoms with Crippen LogP contribution in [0, 0.1) is 0 Å². The maximum absolute atomic E-state index is 5.70. The summed E-state index contributed by atoms with van der Waals surface area (Å²) in [5.41, 5.74) is 3.21. The zero-order chi connectivity index (χ0) is 8.27. The van der Waals surface area contributed by atoms with Gasteiger partial charge >= 0.3 is 0 Å². The van der Waals surface area contributed by atoms with Crippen LogP contribution in [0.4, 0.5) is 0 Å². The van der Waals surface area contributed by atoms with E-state index in [4.69, 9.17) is 7.85 Å². The molecule has 0 amide bonds. The first-order chi connectivity index (χ1) is 5.29. The lowest BCUT2D eigenvalue weighted by Crippen LogP contribution is -2.16. The second-order valence-electron chi connectivity index (χ2n) is 2.54. The maximum Gasteiger partial charge on any atom is 0.142 e. The Morgan fingerprint density at radius 3 is 2.55 bits per heavy atom. The minimum atomic E-state index is 0.687. The van der Waals surface area contributed by atoms with Crippen LogP contribution in [0.3, 0.4) is 0 Å². The number of aryl methyl sites for hydroxylation is 1. The number of nitrogens with zero attached hydrogens (tertiary/aromatic N) is 1. The minimum absolute atomic E-state index is 0.687. The van der Waals surface area contributed by atoms with E-state index in [1.54, 1.807) is 6.20 Å². The van der Waals surface area contributed by atoms with Crippen molar-refractivity contribution in [1.82, 2.24) is 4.98 Å². The molecule has 0 saturated carbocycles. The molecule has 11 heavy (non-hydrogen) atoms. The van der Waals surface area contributed by atoms with Crippen molar-refractivity contribution in [3.8, 4) is 0 Å². The molecule has 0 aromatic carbocycles. The van der Waals surface area contributed by atoms with Crippen LogP contribution in [0.2, 0.25) is 0 Å². The van der Waals surface area contributed by atoms with Gasteiger partial charge in [0.25, 0.3) is 0 Å². The molecule has 0 fully saturated rings. The summed E-state index contributed by atoms with van der Waals surface area (Å²) < 4.78 is 0. The molecule has 56 valence electrons. The molecule has 1 rings (SSSR count). The highest BCUT2D eigenvalue weighted by atomic mass is 14.6. The lowest BCUT2D eigenvalue weighted by atomic mass is 9.91. The summed E-state index contributed by atoms with van der Waals surface area (Å²) >= 11 is 0. The van der Waals surface area contributed by atoms with Gasteiger partial charge in [-0.1, -0.05) is 13.8 Å². The molecule has 0 aliphatic rings. The third kappa shape index (κ3) is 1.62. The van der Waals surface area contributed by atoms with Gasteiger partial charge in [0, 0.05) is 6.20 Å². The first kappa shape index (κ1) is 8.31. The Balaban J connectivity index is 3.13. The normalized spacial score (nSPS) is 10.0. The summed E-state index contributed by atoms with van der Waals surface area (Å²) in [6.07, 6.45) is 3.78. The van der Waals surface area contributed by atoms with Crippen LogP contribution in [-0.2, 0) is 12.8 Å². The number of hydrogen-bond acceptors (Lipinski definition) is 1. The molecule has 0 N–H and O–H groups in total. The molecule has 1 heterocycles. The van der Waals surface area contributed by atoms with Crippen molar-refractivity contribution in [2.24, 2.45) is 0 Å². The van der Waals surface area contributed by atoms with Gasteiger partial charge in [0.1, 0.15) is 7.85 Å². The summed E-state index contributed by atoms with van der Waals surface area (Å²) in [4.78, 5) is 4.04. The molecular weight excluding hydrogens is 133 g/mol. The van der Waals surface area contributed by atoms with E-state index in [-0.39, 0.29) is 0 Å². The highest BCUT2D eigenvalue weighted by molar-refractivity contribution is 6.31. The second-order valence-corrected chi connectivity index (χ2v) is 2.54. The van der Waals surface area contributed by atoms with Gasteiger partial charge in [-0.2, -0.15) is 0 Å². The summed E-state index contributed by atoms with van der Waals surface area (Å²) in [7, 11) is 5.70. The van der Waals surface area contributed by atoms with Crippen LogP contribution >= 0.6 is 0 Å². The third-order valence-corrected chi connectivity index (χ3v) is 1.92. The van der Waals surface area contributed by atoms with E-state index in [1.165, 1.54) is 11.1 Å². The van der Waals surface area contributed by atoms with Gasteiger partial charge in [-0.05, 0) is 35.6 Å². The fourth-order valence-corrected chi connectivity index (χ4v) is 1.29. The van der Waals surface area contributed by atoms with Crippen molar-refractivity contribution in [3.63, 3.8) is 0 Å². The van der Waals surface area contributed by atoms with Gasteiger partial charge in [0.2, 0.25) is 0 Å².